The predicted molar refractivity (Wildman–Crippen MR) is 79.8 cm³/mol. The average molecular weight is 282 g/mol. The van der Waals surface area contributed by atoms with E-state index in [1.54, 1.807) is 0 Å². The summed E-state index contributed by atoms with van der Waals surface area (Å²) >= 11 is 1.36. The topological polar surface area (TPSA) is 71.2 Å². The highest BCUT2D eigenvalue weighted by molar-refractivity contribution is 7.18. The molecule has 2 rings (SSSR count). The number of rotatable bonds is 6. The van der Waals surface area contributed by atoms with Crippen molar-refractivity contribution in [1.82, 2.24) is 10.3 Å². The molecule has 0 spiro atoms. The van der Waals surface area contributed by atoms with Crippen molar-refractivity contribution in [1.29, 1.82) is 0 Å². The maximum Gasteiger partial charge on any atom is 0.265 e. The molecule has 0 radical (unpaired) electrons. The van der Waals surface area contributed by atoms with Gasteiger partial charge in [-0.2, -0.15) is 0 Å². The van der Waals surface area contributed by atoms with E-state index in [1.165, 1.54) is 24.2 Å². The van der Waals surface area contributed by atoms with Gasteiger partial charge in [-0.1, -0.05) is 25.2 Å². The average Bonchev–Trinajstić information content (AvgIpc) is 2.97. The first kappa shape index (κ1) is 14.1. The van der Waals surface area contributed by atoms with E-state index < -0.39 is 0 Å². The standard InChI is InChI=1S/C13H22N4OS/c1-4-7-17(3)12-16-10(14)9(19-12)11(18)15-8-13(2)5-6-13/h4-8,14H2,1-3H3,(H,15,18). The summed E-state index contributed by atoms with van der Waals surface area (Å²) in [5.41, 5.74) is 6.15. The Hall–Kier alpha value is -1.30. The summed E-state index contributed by atoms with van der Waals surface area (Å²) in [4.78, 5) is 18.9. The van der Waals surface area contributed by atoms with Crippen molar-refractivity contribution in [2.45, 2.75) is 33.1 Å². The highest BCUT2D eigenvalue weighted by Crippen LogP contribution is 2.44. The zero-order valence-corrected chi connectivity index (χ0v) is 12.6. The van der Waals surface area contributed by atoms with Crippen LogP contribution in [0.2, 0.25) is 0 Å². The van der Waals surface area contributed by atoms with Gasteiger partial charge in [-0.3, -0.25) is 4.79 Å². The van der Waals surface area contributed by atoms with Crippen LogP contribution in [0.25, 0.3) is 0 Å². The lowest BCUT2D eigenvalue weighted by molar-refractivity contribution is 0.0951. The number of hydrogen-bond donors (Lipinski definition) is 2. The summed E-state index contributed by atoms with van der Waals surface area (Å²) in [6.45, 7) is 5.93. The van der Waals surface area contributed by atoms with E-state index in [1.807, 2.05) is 11.9 Å². The number of amides is 1. The van der Waals surface area contributed by atoms with E-state index in [0.717, 1.165) is 24.6 Å². The molecule has 0 atom stereocenters. The molecule has 6 heteroatoms. The number of hydrogen-bond acceptors (Lipinski definition) is 5. The van der Waals surface area contributed by atoms with Crippen LogP contribution in [-0.4, -0.2) is 31.0 Å². The molecule has 1 aliphatic rings. The number of thiazole rings is 1. The summed E-state index contributed by atoms with van der Waals surface area (Å²) in [7, 11) is 1.97. The molecule has 0 saturated heterocycles. The minimum absolute atomic E-state index is 0.0979. The van der Waals surface area contributed by atoms with E-state index in [2.05, 4.69) is 24.1 Å². The van der Waals surface area contributed by atoms with Crippen molar-refractivity contribution in [2.75, 3.05) is 30.8 Å². The normalized spacial score (nSPS) is 16.2. The van der Waals surface area contributed by atoms with Crippen LogP contribution in [0.4, 0.5) is 10.9 Å². The van der Waals surface area contributed by atoms with Gasteiger partial charge in [0.05, 0.1) is 0 Å². The van der Waals surface area contributed by atoms with E-state index in [9.17, 15) is 4.79 Å². The third-order valence-corrected chi connectivity index (χ3v) is 4.70. The van der Waals surface area contributed by atoms with Crippen LogP contribution in [0.5, 0.6) is 0 Å². The second-order valence-electron chi connectivity index (χ2n) is 5.63. The smallest absolute Gasteiger partial charge is 0.265 e. The number of nitrogens with zero attached hydrogens (tertiary/aromatic N) is 2. The van der Waals surface area contributed by atoms with Crippen LogP contribution in [-0.2, 0) is 0 Å². The molecule has 1 fully saturated rings. The molecular weight excluding hydrogens is 260 g/mol. The van der Waals surface area contributed by atoms with Gasteiger partial charge in [0.15, 0.2) is 5.13 Å². The largest absolute Gasteiger partial charge is 0.382 e. The number of carbonyl (C=O) groups is 1. The van der Waals surface area contributed by atoms with Crippen LogP contribution in [0.15, 0.2) is 0 Å². The first-order valence-corrected chi connectivity index (χ1v) is 7.52. The van der Waals surface area contributed by atoms with Crippen LogP contribution in [0.3, 0.4) is 0 Å². The van der Waals surface area contributed by atoms with Gasteiger partial charge in [0.25, 0.3) is 5.91 Å². The highest BCUT2D eigenvalue weighted by atomic mass is 32.1. The van der Waals surface area contributed by atoms with Gasteiger partial charge < -0.3 is 16.0 Å². The first-order chi connectivity index (χ1) is 8.95. The van der Waals surface area contributed by atoms with Gasteiger partial charge in [0.2, 0.25) is 0 Å². The molecule has 19 heavy (non-hydrogen) atoms. The molecule has 0 unspecified atom stereocenters. The summed E-state index contributed by atoms with van der Waals surface area (Å²) in [5, 5.41) is 3.77. The molecule has 1 aromatic rings. The number of nitrogen functional groups attached to an aromatic ring is 1. The van der Waals surface area contributed by atoms with Gasteiger partial charge in [0.1, 0.15) is 10.7 Å². The van der Waals surface area contributed by atoms with Gasteiger partial charge >= 0.3 is 0 Å². The van der Waals surface area contributed by atoms with Gasteiger partial charge in [-0.15, -0.1) is 0 Å². The maximum atomic E-state index is 12.1. The first-order valence-electron chi connectivity index (χ1n) is 6.71. The third-order valence-electron chi connectivity index (χ3n) is 3.51. The molecule has 0 aromatic carbocycles. The molecule has 5 nitrogen and oxygen atoms in total. The number of anilines is 2. The number of carbonyl (C=O) groups excluding carboxylic acids is 1. The Kier molecular flexibility index (Phi) is 3.99. The lowest BCUT2D eigenvalue weighted by Gasteiger charge is -2.13. The molecule has 1 saturated carbocycles. The second kappa shape index (κ2) is 5.36. The van der Waals surface area contributed by atoms with E-state index in [0.29, 0.717) is 16.1 Å². The monoisotopic (exact) mass is 282 g/mol. The lowest BCUT2D eigenvalue weighted by atomic mass is 10.1. The Balaban J connectivity index is 2.00. The Labute approximate surface area is 118 Å². The van der Waals surface area contributed by atoms with Crippen LogP contribution in [0, 0.1) is 5.41 Å². The van der Waals surface area contributed by atoms with Gasteiger partial charge in [-0.25, -0.2) is 4.98 Å². The fraction of sp³-hybridized carbons (Fsp3) is 0.692. The molecule has 1 amide bonds. The SMILES string of the molecule is CCCN(C)c1nc(N)c(C(=O)NCC2(C)CC2)s1. The quantitative estimate of drug-likeness (QED) is 0.838. The van der Waals surface area contributed by atoms with E-state index >= 15 is 0 Å². The molecule has 106 valence electrons. The Morgan fingerprint density at radius 2 is 2.26 bits per heavy atom. The molecule has 1 aromatic heterocycles. The summed E-state index contributed by atoms with van der Waals surface area (Å²) in [6.07, 6.45) is 3.42. The fourth-order valence-electron chi connectivity index (χ4n) is 1.84. The van der Waals surface area contributed by atoms with Gasteiger partial charge in [-0.05, 0) is 24.7 Å². The fourth-order valence-corrected chi connectivity index (χ4v) is 2.73. The summed E-state index contributed by atoms with van der Waals surface area (Å²) in [6, 6.07) is 0. The minimum atomic E-state index is -0.0979. The number of aromatic nitrogens is 1. The molecule has 3 N–H and O–H groups in total. The van der Waals surface area contributed by atoms with Crippen LogP contribution >= 0.6 is 11.3 Å². The lowest BCUT2D eigenvalue weighted by Crippen LogP contribution is -2.28. The maximum absolute atomic E-state index is 12.1. The van der Waals surface area contributed by atoms with Crippen molar-refractivity contribution in [2.24, 2.45) is 5.41 Å². The molecule has 0 aliphatic heterocycles. The van der Waals surface area contributed by atoms with Crippen molar-refractivity contribution in [3.05, 3.63) is 4.88 Å². The van der Waals surface area contributed by atoms with E-state index in [4.69, 9.17) is 5.73 Å². The third kappa shape index (κ3) is 3.37. The Morgan fingerprint density at radius 3 is 2.84 bits per heavy atom. The predicted octanol–water partition coefficient (Wildman–Crippen LogP) is 2.10. The molecule has 1 heterocycles. The number of nitrogens with two attached hydrogens (primary N) is 1. The molecule has 1 aliphatic carbocycles. The van der Waals surface area contributed by atoms with Crippen LogP contribution < -0.4 is 16.0 Å². The number of nitrogens with one attached hydrogen (secondary N) is 1. The second-order valence-corrected chi connectivity index (χ2v) is 6.60. The van der Waals surface area contributed by atoms with E-state index in [-0.39, 0.29) is 5.91 Å². The summed E-state index contributed by atoms with van der Waals surface area (Å²) in [5.74, 6) is 0.237. The Bertz CT molecular complexity index is 467. The van der Waals surface area contributed by atoms with Crippen molar-refractivity contribution >= 4 is 28.2 Å². The van der Waals surface area contributed by atoms with Crippen LogP contribution in [0.1, 0.15) is 42.8 Å². The Morgan fingerprint density at radius 1 is 1.58 bits per heavy atom. The van der Waals surface area contributed by atoms with Crippen molar-refractivity contribution in [3.8, 4) is 0 Å². The van der Waals surface area contributed by atoms with Gasteiger partial charge in [0, 0.05) is 20.1 Å². The summed E-state index contributed by atoms with van der Waals surface area (Å²) < 4.78 is 0. The molecular formula is C13H22N4OS. The van der Waals surface area contributed by atoms with Crippen molar-refractivity contribution in [3.63, 3.8) is 0 Å². The van der Waals surface area contributed by atoms with Crippen molar-refractivity contribution < 1.29 is 4.79 Å². The molecule has 0 bridgehead atoms. The zero-order valence-electron chi connectivity index (χ0n) is 11.8. The minimum Gasteiger partial charge on any atom is -0.382 e. The zero-order chi connectivity index (χ0) is 14.0. The highest BCUT2D eigenvalue weighted by Gasteiger charge is 2.37.